The molecule has 0 bridgehead atoms. The second-order valence-electron chi connectivity index (χ2n) is 6.30. The fraction of sp³-hybridized carbons (Fsp3) is 0.667. The molecule has 21 heavy (non-hydrogen) atoms. The van der Waals surface area contributed by atoms with Crippen molar-refractivity contribution in [1.29, 1.82) is 0 Å². The van der Waals surface area contributed by atoms with Crippen LogP contribution in [-0.4, -0.2) is 54.0 Å². The van der Waals surface area contributed by atoms with Gasteiger partial charge in [0.05, 0.1) is 11.9 Å². The summed E-state index contributed by atoms with van der Waals surface area (Å²) in [5.41, 5.74) is 0.874. The molecule has 1 atom stereocenters. The van der Waals surface area contributed by atoms with Crippen molar-refractivity contribution >= 4 is 10.0 Å². The standard InChI is InChI=1S/C15H23N3O2S/c1-21(19,20)18-11-5-8-15(18)7-4-10-17(13-15)12-14-6-2-3-9-16-14/h2-3,6,9H,4-5,7-8,10-13H2,1H3. The Bertz CT molecular complexity index is 590. The van der Waals surface area contributed by atoms with Crippen molar-refractivity contribution in [2.75, 3.05) is 25.9 Å². The van der Waals surface area contributed by atoms with Crippen LogP contribution in [0.15, 0.2) is 24.4 Å². The number of piperidine rings is 1. The summed E-state index contributed by atoms with van der Waals surface area (Å²) in [7, 11) is -3.12. The Balaban J connectivity index is 1.76. The molecule has 3 rings (SSSR count). The summed E-state index contributed by atoms with van der Waals surface area (Å²) in [5, 5.41) is 0. The Morgan fingerprint density at radius 1 is 1.24 bits per heavy atom. The Hall–Kier alpha value is -0.980. The summed E-state index contributed by atoms with van der Waals surface area (Å²) in [6.45, 7) is 3.34. The van der Waals surface area contributed by atoms with Crippen LogP contribution in [0.25, 0.3) is 0 Å². The van der Waals surface area contributed by atoms with E-state index >= 15 is 0 Å². The molecule has 0 aliphatic carbocycles. The molecule has 2 aliphatic rings. The molecular formula is C15H23N3O2S. The van der Waals surface area contributed by atoms with Gasteiger partial charge in [0.1, 0.15) is 0 Å². The van der Waals surface area contributed by atoms with E-state index in [9.17, 15) is 8.42 Å². The molecule has 1 spiro atoms. The highest BCUT2D eigenvalue weighted by molar-refractivity contribution is 7.88. The van der Waals surface area contributed by atoms with Crippen molar-refractivity contribution in [3.63, 3.8) is 0 Å². The first-order valence-corrected chi connectivity index (χ1v) is 9.45. The Kier molecular flexibility index (Phi) is 4.03. The van der Waals surface area contributed by atoms with Crippen LogP contribution in [0, 0.1) is 0 Å². The van der Waals surface area contributed by atoms with Gasteiger partial charge in [0.2, 0.25) is 10.0 Å². The normalized spacial score (nSPS) is 28.2. The van der Waals surface area contributed by atoms with E-state index in [1.165, 1.54) is 6.26 Å². The molecular weight excluding hydrogens is 286 g/mol. The minimum Gasteiger partial charge on any atom is -0.296 e. The van der Waals surface area contributed by atoms with E-state index in [1.54, 1.807) is 4.31 Å². The lowest BCUT2D eigenvalue weighted by Crippen LogP contribution is -2.56. The van der Waals surface area contributed by atoms with Crippen LogP contribution in [0.2, 0.25) is 0 Å². The van der Waals surface area contributed by atoms with Crippen molar-refractivity contribution < 1.29 is 8.42 Å². The van der Waals surface area contributed by atoms with Gasteiger partial charge in [-0.1, -0.05) is 6.07 Å². The van der Waals surface area contributed by atoms with Crippen LogP contribution in [0.1, 0.15) is 31.4 Å². The SMILES string of the molecule is CS(=O)(=O)N1CCCC12CCCN(Cc1ccccn1)C2. The summed E-state index contributed by atoms with van der Waals surface area (Å²) < 4.78 is 25.9. The van der Waals surface area contributed by atoms with Crippen LogP contribution in [0.3, 0.4) is 0 Å². The third-order valence-corrected chi connectivity index (χ3v) is 6.05. The molecule has 6 heteroatoms. The van der Waals surface area contributed by atoms with E-state index in [-0.39, 0.29) is 5.54 Å². The summed E-state index contributed by atoms with van der Waals surface area (Å²) in [5.74, 6) is 0. The van der Waals surface area contributed by atoms with Crippen LogP contribution in [0.4, 0.5) is 0 Å². The van der Waals surface area contributed by atoms with E-state index in [0.717, 1.165) is 51.0 Å². The second kappa shape index (κ2) is 5.66. The number of aromatic nitrogens is 1. The van der Waals surface area contributed by atoms with Crippen molar-refractivity contribution in [2.24, 2.45) is 0 Å². The van der Waals surface area contributed by atoms with Crippen LogP contribution in [-0.2, 0) is 16.6 Å². The van der Waals surface area contributed by atoms with Crippen LogP contribution in [0.5, 0.6) is 0 Å². The van der Waals surface area contributed by atoms with Gasteiger partial charge in [0.25, 0.3) is 0 Å². The van der Waals surface area contributed by atoms with Gasteiger partial charge in [-0.25, -0.2) is 8.42 Å². The van der Waals surface area contributed by atoms with Crippen molar-refractivity contribution in [3.05, 3.63) is 30.1 Å². The number of hydrogen-bond donors (Lipinski definition) is 0. The molecule has 2 fully saturated rings. The number of likely N-dealkylation sites (tertiary alicyclic amines) is 1. The van der Waals surface area contributed by atoms with Gasteiger partial charge in [0.15, 0.2) is 0 Å². The van der Waals surface area contributed by atoms with E-state index in [2.05, 4.69) is 9.88 Å². The summed E-state index contributed by atoms with van der Waals surface area (Å²) in [6.07, 6.45) is 7.16. The fourth-order valence-corrected chi connectivity index (χ4v) is 5.31. The van der Waals surface area contributed by atoms with E-state index < -0.39 is 10.0 Å². The van der Waals surface area contributed by atoms with E-state index in [1.807, 2.05) is 24.4 Å². The quantitative estimate of drug-likeness (QED) is 0.848. The maximum atomic E-state index is 12.1. The fourth-order valence-electron chi connectivity index (χ4n) is 3.90. The lowest BCUT2D eigenvalue weighted by molar-refractivity contribution is 0.0833. The summed E-state index contributed by atoms with van der Waals surface area (Å²) in [4.78, 5) is 6.74. The minimum absolute atomic E-state index is 0.180. The number of pyridine rings is 1. The predicted octanol–water partition coefficient (Wildman–Crippen LogP) is 1.47. The summed E-state index contributed by atoms with van der Waals surface area (Å²) >= 11 is 0. The smallest absolute Gasteiger partial charge is 0.211 e. The molecule has 3 heterocycles. The number of nitrogens with zero attached hydrogens (tertiary/aromatic N) is 3. The number of sulfonamides is 1. The molecule has 0 radical (unpaired) electrons. The van der Waals surface area contributed by atoms with Crippen LogP contribution >= 0.6 is 0 Å². The van der Waals surface area contributed by atoms with Gasteiger partial charge in [-0.15, -0.1) is 0 Å². The predicted molar refractivity (Wildman–Crippen MR) is 82.3 cm³/mol. The zero-order valence-electron chi connectivity index (χ0n) is 12.5. The van der Waals surface area contributed by atoms with E-state index in [4.69, 9.17) is 0 Å². The minimum atomic E-state index is -3.12. The monoisotopic (exact) mass is 309 g/mol. The molecule has 116 valence electrons. The largest absolute Gasteiger partial charge is 0.296 e. The molecule has 2 saturated heterocycles. The Labute approximate surface area is 127 Å². The average molecular weight is 309 g/mol. The number of hydrogen-bond acceptors (Lipinski definition) is 4. The highest BCUT2D eigenvalue weighted by atomic mass is 32.2. The van der Waals surface area contributed by atoms with E-state index in [0.29, 0.717) is 6.54 Å². The second-order valence-corrected chi connectivity index (χ2v) is 8.21. The van der Waals surface area contributed by atoms with Gasteiger partial charge in [-0.3, -0.25) is 9.88 Å². The molecule has 0 amide bonds. The maximum Gasteiger partial charge on any atom is 0.211 e. The first kappa shape index (κ1) is 14.9. The van der Waals surface area contributed by atoms with Crippen molar-refractivity contribution in [1.82, 2.24) is 14.2 Å². The Morgan fingerprint density at radius 2 is 2.00 bits per heavy atom. The zero-order valence-corrected chi connectivity index (χ0v) is 13.3. The average Bonchev–Trinajstić information content (AvgIpc) is 2.83. The lowest BCUT2D eigenvalue weighted by Gasteiger charge is -2.44. The van der Waals surface area contributed by atoms with Gasteiger partial charge < -0.3 is 0 Å². The Morgan fingerprint density at radius 3 is 2.67 bits per heavy atom. The molecule has 1 aromatic heterocycles. The first-order chi connectivity index (χ1) is 10.00. The lowest BCUT2D eigenvalue weighted by atomic mass is 9.87. The molecule has 1 unspecified atom stereocenters. The van der Waals surface area contributed by atoms with Crippen molar-refractivity contribution in [3.8, 4) is 0 Å². The van der Waals surface area contributed by atoms with Gasteiger partial charge in [-0.2, -0.15) is 4.31 Å². The maximum absolute atomic E-state index is 12.1. The molecule has 0 aromatic carbocycles. The molecule has 1 aromatic rings. The third kappa shape index (κ3) is 3.12. The molecule has 0 N–H and O–H groups in total. The molecule has 0 saturated carbocycles. The molecule has 2 aliphatic heterocycles. The van der Waals surface area contributed by atoms with Crippen molar-refractivity contribution in [2.45, 2.75) is 37.8 Å². The zero-order chi connectivity index (χ0) is 14.9. The summed E-state index contributed by atoms with van der Waals surface area (Å²) in [6, 6.07) is 5.95. The van der Waals surface area contributed by atoms with Gasteiger partial charge in [-0.05, 0) is 44.4 Å². The highest BCUT2D eigenvalue weighted by Crippen LogP contribution is 2.39. The topological polar surface area (TPSA) is 53.5 Å². The first-order valence-electron chi connectivity index (χ1n) is 7.60. The van der Waals surface area contributed by atoms with Gasteiger partial charge in [0, 0.05) is 31.4 Å². The molecule has 5 nitrogen and oxygen atoms in total. The number of rotatable bonds is 3. The highest BCUT2D eigenvalue weighted by Gasteiger charge is 2.47. The third-order valence-electron chi connectivity index (χ3n) is 4.68. The van der Waals surface area contributed by atoms with Gasteiger partial charge >= 0.3 is 0 Å². The van der Waals surface area contributed by atoms with Crippen LogP contribution < -0.4 is 0 Å².